The third-order valence-corrected chi connectivity index (χ3v) is 4.43. The summed E-state index contributed by atoms with van der Waals surface area (Å²) in [7, 11) is 0. The molecule has 0 unspecified atom stereocenters. The van der Waals surface area contributed by atoms with Crippen LogP contribution in [0.5, 0.6) is 0 Å². The van der Waals surface area contributed by atoms with Gasteiger partial charge in [-0.1, -0.05) is 0 Å². The van der Waals surface area contributed by atoms with Crippen molar-refractivity contribution >= 4 is 17.7 Å². The topological polar surface area (TPSA) is 41.1 Å². The quantitative estimate of drug-likeness (QED) is 0.928. The fourth-order valence-electron chi connectivity index (χ4n) is 2.11. The Balaban J connectivity index is 2.04. The molecule has 1 N–H and O–H groups in total. The van der Waals surface area contributed by atoms with Gasteiger partial charge in [-0.05, 0) is 39.9 Å². The fourth-order valence-corrected chi connectivity index (χ4v) is 3.00. The predicted molar refractivity (Wildman–Crippen MR) is 87.5 cm³/mol. The fraction of sp³-hybridized carbons (Fsp3) is 0.733. The molecule has 4 nitrogen and oxygen atoms in total. The Morgan fingerprint density at radius 3 is 2.80 bits per heavy atom. The number of aromatic nitrogens is 2. The second-order valence-corrected chi connectivity index (χ2v) is 7.56. The van der Waals surface area contributed by atoms with Gasteiger partial charge in [0.1, 0.15) is 0 Å². The number of nitrogens with one attached hydrogen (secondary N) is 1. The van der Waals surface area contributed by atoms with Crippen LogP contribution in [0, 0.1) is 6.92 Å². The van der Waals surface area contributed by atoms with Gasteiger partial charge in [-0.25, -0.2) is 9.97 Å². The molecule has 0 radical (unpaired) electrons. The lowest BCUT2D eigenvalue weighted by molar-refractivity contribution is 0.423. The van der Waals surface area contributed by atoms with Crippen molar-refractivity contribution in [1.29, 1.82) is 0 Å². The van der Waals surface area contributed by atoms with E-state index in [4.69, 9.17) is 4.98 Å². The van der Waals surface area contributed by atoms with Crippen molar-refractivity contribution in [2.24, 2.45) is 0 Å². The summed E-state index contributed by atoms with van der Waals surface area (Å²) >= 11 is 2.03. The summed E-state index contributed by atoms with van der Waals surface area (Å²) in [5.41, 5.74) is 2.39. The van der Waals surface area contributed by atoms with Gasteiger partial charge in [0.15, 0.2) is 0 Å². The zero-order valence-electron chi connectivity index (χ0n) is 13.1. The van der Waals surface area contributed by atoms with Crippen LogP contribution in [0.1, 0.15) is 38.4 Å². The van der Waals surface area contributed by atoms with Crippen LogP contribution in [-0.4, -0.2) is 40.1 Å². The molecule has 1 aliphatic rings. The van der Waals surface area contributed by atoms with Gasteiger partial charge in [0.25, 0.3) is 0 Å². The molecule has 1 aliphatic heterocycles. The zero-order valence-corrected chi connectivity index (χ0v) is 13.9. The highest BCUT2D eigenvalue weighted by Crippen LogP contribution is 2.17. The number of aryl methyl sites for hydroxylation is 1. The van der Waals surface area contributed by atoms with Gasteiger partial charge in [0.2, 0.25) is 5.95 Å². The lowest BCUT2D eigenvalue weighted by Crippen LogP contribution is -2.35. The van der Waals surface area contributed by atoms with Crippen LogP contribution in [0.25, 0.3) is 0 Å². The van der Waals surface area contributed by atoms with Gasteiger partial charge in [0, 0.05) is 48.4 Å². The lowest BCUT2D eigenvalue weighted by atomic mass is 10.1. The van der Waals surface area contributed by atoms with E-state index in [0.29, 0.717) is 0 Å². The monoisotopic (exact) mass is 294 g/mol. The molecule has 1 aromatic rings. The molecule has 0 aliphatic carbocycles. The average Bonchev–Trinajstić information content (AvgIpc) is 2.65. The summed E-state index contributed by atoms with van der Waals surface area (Å²) in [6.07, 6.45) is 3.20. The van der Waals surface area contributed by atoms with Gasteiger partial charge < -0.3 is 10.2 Å². The summed E-state index contributed by atoms with van der Waals surface area (Å²) in [6, 6.07) is 0. The molecule has 5 heteroatoms. The molecule has 0 saturated carbocycles. The maximum atomic E-state index is 4.70. The summed E-state index contributed by atoms with van der Waals surface area (Å²) in [5.74, 6) is 3.32. The molecule has 112 valence electrons. The van der Waals surface area contributed by atoms with Crippen LogP contribution in [0.3, 0.4) is 0 Å². The summed E-state index contributed by atoms with van der Waals surface area (Å²) in [6.45, 7) is 11.6. The van der Waals surface area contributed by atoms with Crippen LogP contribution in [0.4, 0.5) is 5.95 Å². The molecule has 0 spiro atoms. The zero-order chi connectivity index (χ0) is 14.6. The first-order chi connectivity index (χ1) is 9.46. The van der Waals surface area contributed by atoms with E-state index in [2.05, 4.69) is 42.9 Å². The number of nitrogens with zero attached hydrogens (tertiary/aromatic N) is 3. The van der Waals surface area contributed by atoms with Crippen molar-refractivity contribution in [3.05, 3.63) is 17.5 Å². The molecule has 1 fully saturated rings. The van der Waals surface area contributed by atoms with Crippen molar-refractivity contribution in [1.82, 2.24) is 15.3 Å². The van der Waals surface area contributed by atoms with Gasteiger partial charge in [-0.3, -0.25) is 0 Å². The van der Waals surface area contributed by atoms with Crippen molar-refractivity contribution in [3.8, 4) is 0 Å². The summed E-state index contributed by atoms with van der Waals surface area (Å²) < 4.78 is 0. The van der Waals surface area contributed by atoms with Gasteiger partial charge in [-0.2, -0.15) is 11.8 Å². The molecule has 20 heavy (non-hydrogen) atoms. The van der Waals surface area contributed by atoms with E-state index in [9.17, 15) is 0 Å². The Kier molecular flexibility index (Phi) is 5.27. The maximum absolute atomic E-state index is 4.70. The van der Waals surface area contributed by atoms with Crippen LogP contribution in [-0.2, 0) is 6.54 Å². The third-order valence-electron chi connectivity index (χ3n) is 3.38. The van der Waals surface area contributed by atoms with E-state index in [1.165, 1.54) is 23.5 Å². The van der Waals surface area contributed by atoms with Gasteiger partial charge in [-0.15, -0.1) is 0 Å². The highest BCUT2D eigenvalue weighted by molar-refractivity contribution is 7.99. The highest BCUT2D eigenvalue weighted by Gasteiger charge is 2.15. The predicted octanol–water partition coefficient (Wildman–Crippen LogP) is 2.62. The highest BCUT2D eigenvalue weighted by atomic mass is 32.2. The second kappa shape index (κ2) is 6.76. The third kappa shape index (κ3) is 4.63. The van der Waals surface area contributed by atoms with E-state index >= 15 is 0 Å². The summed E-state index contributed by atoms with van der Waals surface area (Å²) in [5, 5.41) is 3.49. The number of hydrogen-bond acceptors (Lipinski definition) is 5. The molecule has 2 heterocycles. The first kappa shape index (κ1) is 15.6. The van der Waals surface area contributed by atoms with Crippen molar-refractivity contribution in [2.45, 2.75) is 46.2 Å². The number of thioether (sulfide) groups is 1. The smallest absolute Gasteiger partial charge is 0.225 e. The van der Waals surface area contributed by atoms with Gasteiger partial charge >= 0.3 is 0 Å². The molecule has 0 atom stereocenters. The van der Waals surface area contributed by atoms with Crippen LogP contribution in [0.15, 0.2) is 6.20 Å². The molecule has 1 saturated heterocycles. The minimum Gasteiger partial charge on any atom is -0.340 e. The summed E-state index contributed by atoms with van der Waals surface area (Å²) in [4.78, 5) is 11.6. The van der Waals surface area contributed by atoms with E-state index < -0.39 is 0 Å². The Labute approximate surface area is 126 Å². The van der Waals surface area contributed by atoms with Gasteiger partial charge in [0.05, 0.1) is 0 Å². The molecule has 2 rings (SSSR count). The normalized spacial score (nSPS) is 17.1. The van der Waals surface area contributed by atoms with Crippen molar-refractivity contribution in [2.75, 3.05) is 29.5 Å². The molecule has 0 bridgehead atoms. The van der Waals surface area contributed by atoms with Crippen LogP contribution in [0.2, 0.25) is 0 Å². The minimum atomic E-state index is 0.118. The first-order valence-electron chi connectivity index (χ1n) is 7.36. The molecule has 1 aromatic heterocycles. The first-order valence-corrected chi connectivity index (χ1v) is 8.51. The molecule has 0 aromatic carbocycles. The van der Waals surface area contributed by atoms with Crippen LogP contribution < -0.4 is 10.2 Å². The lowest BCUT2D eigenvalue weighted by Gasteiger charge is -2.23. The standard InChI is InChI=1S/C15H26N4S/c1-12-13(11-17-15(2,3)4)10-16-14(18-12)19-6-5-8-20-9-7-19/h10,17H,5-9,11H2,1-4H3. The Bertz CT molecular complexity index is 434. The van der Waals surface area contributed by atoms with E-state index in [1.54, 1.807) is 0 Å². The Hall–Kier alpha value is -0.810. The second-order valence-electron chi connectivity index (χ2n) is 6.34. The maximum Gasteiger partial charge on any atom is 0.225 e. The molecular weight excluding hydrogens is 268 g/mol. The van der Waals surface area contributed by atoms with E-state index in [1.807, 2.05) is 18.0 Å². The number of hydrogen-bond donors (Lipinski definition) is 1. The molecular formula is C15H26N4S. The number of anilines is 1. The van der Waals surface area contributed by atoms with Crippen molar-refractivity contribution in [3.63, 3.8) is 0 Å². The Morgan fingerprint density at radius 1 is 1.30 bits per heavy atom. The molecule has 0 amide bonds. The largest absolute Gasteiger partial charge is 0.340 e. The SMILES string of the molecule is Cc1nc(N2CCCSCC2)ncc1CNC(C)(C)C. The van der Waals surface area contributed by atoms with Crippen molar-refractivity contribution < 1.29 is 0 Å². The van der Waals surface area contributed by atoms with E-state index in [0.717, 1.165) is 31.3 Å². The number of rotatable bonds is 3. The average molecular weight is 294 g/mol. The minimum absolute atomic E-state index is 0.118. The Morgan fingerprint density at radius 2 is 2.10 bits per heavy atom. The van der Waals surface area contributed by atoms with Crippen LogP contribution >= 0.6 is 11.8 Å². The van der Waals surface area contributed by atoms with E-state index in [-0.39, 0.29) is 5.54 Å².